The first-order valence-corrected chi connectivity index (χ1v) is 10.3. The highest BCUT2D eigenvalue weighted by Crippen LogP contribution is 2.35. The van der Waals surface area contributed by atoms with Crippen molar-refractivity contribution in [2.45, 2.75) is 25.7 Å². The molecule has 0 spiro atoms. The lowest BCUT2D eigenvalue weighted by Crippen LogP contribution is -2.48. The van der Waals surface area contributed by atoms with E-state index in [1.54, 1.807) is 13.8 Å². The van der Waals surface area contributed by atoms with Gasteiger partial charge in [0.1, 0.15) is 30.1 Å². The zero-order chi connectivity index (χ0) is 22.0. The van der Waals surface area contributed by atoms with Crippen molar-refractivity contribution >= 4 is 11.6 Å². The molecule has 166 valence electrons. The molecular formula is C23H26F2N2O4. The topological polar surface area (TPSA) is 51.2 Å². The fraction of sp³-hybridized carbons (Fsp3) is 0.435. The highest BCUT2D eigenvalue weighted by Gasteiger charge is 2.41. The SMILES string of the molecule is CC(=O)N1CCN(c2ccc(OCC3COC(C)(c4ccc(F)cc4F)O3)cc2)CC1. The minimum atomic E-state index is -1.28. The van der Waals surface area contributed by atoms with Crippen molar-refractivity contribution in [3.8, 4) is 5.75 Å². The minimum Gasteiger partial charge on any atom is -0.491 e. The molecule has 2 aliphatic rings. The van der Waals surface area contributed by atoms with Gasteiger partial charge in [0, 0.05) is 50.4 Å². The van der Waals surface area contributed by atoms with Crippen molar-refractivity contribution in [2.75, 3.05) is 44.3 Å². The number of hydrogen-bond acceptors (Lipinski definition) is 5. The van der Waals surface area contributed by atoms with Crippen LogP contribution in [0.1, 0.15) is 19.4 Å². The van der Waals surface area contributed by atoms with Crippen molar-refractivity contribution < 1.29 is 27.8 Å². The Kier molecular flexibility index (Phi) is 6.11. The van der Waals surface area contributed by atoms with Gasteiger partial charge >= 0.3 is 0 Å². The highest BCUT2D eigenvalue weighted by molar-refractivity contribution is 5.73. The number of carbonyl (C=O) groups excluding carboxylic acids is 1. The number of carbonyl (C=O) groups is 1. The second kappa shape index (κ2) is 8.80. The lowest BCUT2D eigenvalue weighted by atomic mass is 10.1. The van der Waals surface area contributed by atoms with Crippen LogP contribution in [0.2, 0.25) is 0 Å². The maximum absolute atomic E-state index is 14.1. The van der Waals surface area contributed by atoms with E-state index >= 15 is 0 Å². The molecule has 0 aliphatic carbocycles. The molecule has 6 nitrogen and oxygen atoms in total. The quantitative estimate of drug-likeness (QED) is 0.726. The Morgan fingerprint density at radius 3 is 2.48 bits per heavy atom. The molecule has 2 aliphatic heterocycles. The van der Waals surface area contributed by atoms with Gasteiger partial charge in [-0.25, -0.2) is 8.78 Å². The number of benzene rings is 2. The van der Waals surface area contributed by atoms with Crippen LogP contribution in [0.15, 0.2) is 42.5 Å². The second-order valence-corrected chi connectivity index (χ2v) is 7.92. The first kappa shape index (κ1) is 21.5. The smallest absolute Gasteiger partial charge is 0.219 e. The summed E-state index contributed by atoms with van der Waals surface area (Å²) < 4.78 is 44.7. The zero-order valence-corrected chi connectivity index (χ0v) is 17.6. The number of rotatable bonds is 5. The van der Waals surface area contributed by atoms with E-state index in [1.165, 1.54) is 12.1 Å². The Morgan fingerprint density at radius 2 is 1.84 bits per heavy atom. The van der Waals surface area contributed by atoms with E-state index in [0.29, 0.717) is 5.75 Å². The molecule has 0 bridgehead atoms. The average Bonchev–Trinajstić information content (AvgIpc) is 3.14. The van der Waals surface area contributed by atoms with Crippen LogP contribution in [0.3, 0.4) is 0 Å². The molecule has 2 unspecified atom stereocenters. The van der Waals surface area contributed by atoms with Gasteiger partial charge < -0.3 is 24.0 Å². The van der Waals surface area contributed by atoms with Crippen LogP contribution in [0, 0.1) is 11.6 Å². The molecule has 0 radical (unpaired) electrons. The van der Waals surface area contributed by atoms with Crippen molar-refractivity contribution in [1.82, 2.24) is 4.90 Å². The third-order valence-corrected chi connectivity index (χ3v) is 5.72. The fourth-order valence-corrected chi connectivity index (χ4v) is 3.94. The van der Waals surface area contributed by atoms with Crippen LogP contribution in [-0.4, -0.2) is 56.3 Å². The average molecular weight is 432 g/mol. The Balaban J connectivity index is 1.30. The summed E-state index contributed by atoms with van der Waals surface area (Å²) in [6.45, 7) is 6.74. The van der Waals surface area contributed by atoms with Gasteiger partial charge in [-0.15, -0.1) is 0 Å². The van der Waals surface area contributed by atoms with E-state index in [2.05, 4.69) is 4.90 Å². The summed E-state index contributed by atoms with van der Waals surface area (Å²) in [7, 11) is 0. The molecule has 0 aromatic heterocycles. The third kappa shape index (κ3) is 4.80. The van der Waals surface area contributed by atoms with E-state index in [-0.39, 0.29) is 30.8 Å². The molecule has 2 aromatic rings. The third-order valence-electron chi connectivity index (χ3n) is 5.72. The van der Waals surface area contributed by atoms with Gasteiger partial charge in [0.25, 0.3) is 0 Å². The Labute approximate surface area is 180 Å². The highest BCUT2D eigenvalue weighted by atomic mass is 19.1. The number of amides is 1. The monoisotopic (exact) mass is 432 g/mol. The van der Waals surface area contributed by atoms with Crippen LogP contribution in [0.4, 0.5) is 14.5 Å². The molecule has 8 heteroatoms. The maximum Gasteiger partial charge on any atom is 0.219 e. The predicted molar refractivity (Wildman–Crippen MR) is 111 cm³/mol. The Hall–Kier alpha value is -2.71. The lowest BCUT2D eigenvalue weighted by molar-refractivity contribution is -0.166. The number of hydrogen-bond donors (Lipinski definition) is 0. The molecule has 0 N–H and O–H groups in total. The van der Waals surface area contributed by atoms with Crippen LogP contribution in [0.5, 0.6) is 5.75 Å². The van der Waals surface area contributed by atoms with E-state index in [4.69, 9.17) is 14.2 Å². The van der Waals surface area contributed by atoms with Gasteiger partial charge in [0.05, 0.1) is 6.61 Å². The second-order valence-electron chi connectivity index (χ2n) is 7.92. The van der Waals surface area contributed by atoms with Gasteiger partial charge in [-0.1, -0.05) is 0 Å². The van der Waals surface area contributed by atoms with Gasteiger partial charge in [-0.2, -0.15) is 0 Å². The number of anilines is 1. The summed E-state index contributed by atoms with van der Waals surface area (Å²) in [5.74, 6) is -1.83. The van der Waals surface area contributed by atoms with Gasteiger partial charge in [0.2, 0.25) is 5.91 Å². The number of ether oxygens (including phenoxy) is 3. The summed E-state index contributed by atoms with van der Waals surface area (Å²) >= 11 is 0. The standard InChI is InChI=1S/C23H26F2N2O4/c1-16(28)26-9-11-27(12-10-26)18-4-6-19(7-5-18)29-14-20-15-30-23(2,31-20)21-8-3-17(24)13-22(21)25/h3-8,13,20H,9-12,14-15H2,1-2H3. The lowest BCUT2D eigenvalue weighted by Gasteiger charge is -2.35. The fourth-order valence-electron chi connectivity index (χ4n) is 3.94. The summed E-state index contributed by atoms with van der Waals surface area (Å²) in [5.41, 5.74) is 1.24. The van der Waals surface area contributed by atoms with Crippen molar-refractivity contribution in [3.05, 3.63) is 59.7 Å². The number of piperazine rings is 1. The van der Waals surface area contributed by atoms with E-state index in [9.17, 15) is 13.6 Å². The molecule has 0 saturated carbocycles. The molecule has 2 fully saturated rings. The van der Waals surface area contributed by atoms with Crippen molar-refractivity contribution in [1.29, 1.82) is 0 Å². The molecule has 2 aromatic carbocycles. The first-order chi connectivity index (χ1) is 14.8. The normalized spacial score (nSPS) is 23.8. The molecule has 1 amide bonds. The molecule has 2 saturated heterocycles. The summed E-state index contributed by atoms with van der Waals surface area (Å²) in [5, 5.41) is 0. The minimum absolute atomic E-state index is 0.111. The number of halogens is 2. The zero-order valence-electron chi connectivity index (χ0n) is 17.6. The van der Waals surface area contributed by atoms with E-state index in [0.717, 1.165) is 37.9 Å². The summed E-state index contributed by atoms with van der Waals surface area (Å²) in [4.78, 5) is 15.5. The summed E-state index contributed by atoms with van der Waals surface area (Å²) in [6.07, 6.45) is -0.381. The van der Waals surface area contributed by atoms with Gasteiger partial charge in [0.15, 0.2) is 5.79 Å². The van der Waals surface area contributed by atoms with Gasteiger partial charge in [-0.3, -0.25) is 4.79 Å². The van der Waals surface area contributed by atoms with Crippen LogP contribution in [0.25, 0.3) is 0 Å². The Bertz CT molecular complexity index is 932. The molecule has 2 atom stereocenters. The molecular weight excluding hydrogens is 406 g/mol. The van der Waals surface area contributed by atoms with Crippen LogP contribution < -0.4 is 9.64 Å². The molecule has 4 rings (SSSR count). The Morgan fingerprint density at radius 1 is 1.13 bits per heavy atom. The van der Waals surface area contributed by atoms with Crippen LogP contribution in [-0.2, 0) is 20.1 Å². The molecule has 31 heavy (non-hydrogen) atoms. The van der Waals surface area contributed by atoms with Gasteiger partial charge in [-0.05, 0) is 43.3 Å². The summed E-state index contributed by atoms with van der Waals surface area (Å²) in [6, 6.07) is 11.1. The van der Waals surface area contributed by atoms with E-state index in [1.807, 2.05) is 29.2 Å². The van der Waals surface area contributed by atoms with Crippen LogP contribution >= 0.6 is 0 Å². The van der Waals surface area contributed by atoms with E-state index < -0.39 is 17.4 Å². The largest absolute Gasteiger partial charge is 0.491 e. The number of nitrogens with zero attached hydrogens (tertiary/aromatic N) is 2. The van der Waals surface area contributed by atoms with Crippen molar-refractivity contribution in [2.24, 2.45) is 0 Å². The first-order valence-electron chi connectivity index (χ1n) is 10.3. The maximum atomic E-state index is 14.1. The van der Waals surface area contributed by atoms with Crippen molar-refractivity contribution in [3.63, 3.8) is 0 Å². The predicted octanol–water partition coefficient (Wildman–Crippen LogP) is 3.30. The molecule has 2 heterocycles.